The molecule has 0 atom stereocenters. The van der Waals surface area contributed by atoms with Crippen molar-refractivity contribution >= 4 is 29.2 Å². The van der Waals surface area contributed by atoms with E-state index in [4.69, 9.17) is 5.11 Å². The first-order valence-corrected chi connectivity index (χ1v) is 6.60. The Kier molecular flexibility index (Phi) is 4.93. The third kappa shape index (κ3) is 4.07. The number of carbonyl (C=O) groups is 3. The maximum absolute atomic E-state index is 11.9. The van der Waals surface area contributed by atoms with E-state index in [0.29, 0.717) is 5.69 Å². The van der Waals surface area contributed by atoms with E-state index in [-0.39, 0.29) is 17.0 Å². The fraction of sp³-hybridized carbons (Fsp3) is 0.0625. The molecule has 2 aromatic carbocycles. The lowest BCUT2D eigenvalue weighted by Crippen LogP contribution is -2.29. The Morgan fingerprint density at radius 1 is 0.913 bits per heavy atom. The van der Waals surface area contributed by atoms with Crippen LogP contribution in [0.4, 0.5) is 11.4 Å². The lowest BCUT2D eigenvalue weighted by Gasteiger charge is -2.09. The molecular formula is C16H14N2O5. The van der Waals surface area contributed by atoms with Crippen LogP contribution in [0.1, 0.15) is 10.4 Å². The van der Waals surface area contributed by atoms with Crippen LogP contribution in [0.5, 0.6) is 5.75 Å². The molecule has 0 unspecified atom stereocenters. The molecule has 23 heavy (non-hydrogen) atoms. The summed E-state index contributed by atoms with van der Waals surface area (Å²) in [5.74, 6) is -2.43. The Labute approximate surface area is 131 Å². The SMILES string of the molecule is COC(=O)c1ccccc1NC(=O)C(=O)Nc1ccc(O)cc1. The maximum Gasteiger partial charge on any atom is 0.339 e. The van der Waals surface area contributed by atoms with E-state index in [1.165, 1.54) is 43.5 Å². The zero-order chi connectivity index (χ0) is 16.8. The van der Waals surface area contributed by atoms with Crippen molar-refractivity contribution in [1.29, 1.82) is 0 Å². The molecule has 0 aliphatic carbocycles. The highest BCUT2D eigenvalue weighted by molar-refractivity contribution is 6.43. The highest BCUT2D eigenvalue weighted by Crippen LogP contribution is 2.17. The van der Waals surface area contributed by atoms with Gasteiger partial charge in [0.1, 0.15) is 5.75 Å². The summed E-state index contributed by atoms with van der Waals surface area (Å²) in [7, 11) is 1.22. The Morgan fingerprint density at radius 3 is 2.17 bits per heavy atom. The van der Waals surface area contributed by atoms with Gasteiger partial charge in [0, 0.05) is 5.69 Å². The maximum atomic E-state index is 11.9. The summed E-state index contributed by atoms with van der Waals surface area (Å²) in [5.41, 5.74) is 0.662. The number of phenolic OH excluding ortho intramolecular Hbond substituents is 1. The van der Waals surface area contributed by atoms with Crippen LogP contribution in [-0.2, 0) is 14.3 Å². The molecule has 0 heterocycles. The Bertz CT molecular complexity index is 740. The minimum Gasteiger partial charge on any atom is -0.508 e. The Morgan fingerprint density at radius 2 is 1.52 bits per heavy atom. The molecule has 0 aliphatic heterocycles. The van der Waals surface area contributed by atoms with E-state index in [0.717, 1.165) is 0 Å². The zero-order valence-electron chi connectivity index (χ0n) is 12.2. The van der Waals surface area contributed by atoms with Gasteiger partial charge in [-0.2, -0.15) is 0 Å². The van der Waals surface area contributed by atoms with Gasteiger partial charge in [0.05, 0.1) is 18.4 Å². The largest absolute Gasteiger partial charge is 0.508 e. The second-order valence-corrected chi connectivity index (χ2v) is 4.49. The minimum atomic E-state index is -0.936. The van der Waals surface area contributed by atoms with Gasteiger partial charge < -0.3 is 20.5 Å². The summed E-state index contributed by atoms with van der Waals surface area (Å²) in [5, 5.41) is 13.9. The average Bonchev–Trinajstić information content (AvgIpc) is 2.56. The molecule has 0 aromatic heterocycles. The topological polar surface area (TPSA) is 105 Å². The van der Waals surface area contributed by atoms with Gasteiger partial charge in [-0.1, -0.05) is 12.1 Å². The summed E-state index contributed by atoms with van der Waals surface area (Å²) in [6.45, 7) is 0. The average molecular weight is 314 g/mol. The Balaban J connectivity index is 2.08. The van der Waals surface area contributed by atoms with Crippen LogP contribution < -0.4 is 10.6 Å². The van der Waals surface area contributed by atoms with E-state index in [9.17, 15) is 14.4 Å². The standard InChI is InChI=1S/C16H14N2O5/c1-23-16(22)12-4-2-3-5-13(12)18-15(21)14(20)17-10-6-8-11(19)9-7-10/h2-9,19H,1H3,(H,17,20)(H,18,21). The van der Waals surface area contributed by atoms with Crippen molar-refractivity contribution in [2.75, 3.05) is 17.7 Å². The number of aromatic hydroxyl groups is 1. The predicted molar refractivity (Wildman–Crippen MR) is 83.1 cm³/mol. The number of phenols is 1. The summed E-state index contributed by atoms with van der Waals surface area (Å²) < 4.78 is 4.61. The molecule has 0 spiro atoms. The number of para-hydroxylation sites is 1. The molecule has 0 radical (unpaired) electrons. The van der Waals surface area contributed by atoms with E-state index in [2.05, 4.69) is 15.4 Å². The first-order chi connectivity index (χ1) is 11.0. The van der Waals surface area contributed by atoms with Crippen LogP contribution in [0, 0.1) is 0 Å². The molecule has 2 rings (SSSR count). The third-order valence-electron chi connectivity index (χ3n) is 2.91. The van der Waals surface area contributed by atoms with Gasteiger partial charge >= 0.3 is 17.8 Å². The predicted octanol–water partition coefficient (Wildman–Crippen LogP) is 1.76. The number of carbonyl (C=O) groups excluding carboxylic acids is 3. The minimum absolute atomic E-state index is 0.0412. The molecule has 118 valence electrons. The lowest BCUT2D eigenvalue weighted by molar-refractivity contribution is -0.133. The summed E-state index contributed by atoms with van der Waals surface area (Å²) in [6.07, 6.45) is 0. The van der Waals surface area contributed by atoms with Crippen LogP contribution >= 0.6 is 0 Å². The quantitative estimate of drug-likeness (QED) is 0.455. The number of benzene rings is 2. The normalized spacial score (nSPS) is 9.78. The fourth-order valence-electron chi connectivity index (χ4n) is 1.79. The summed E-state index contributed by atoms with van der Waals surface area (Å²) in [4.78, 5) is 35.4. The van der Waals surface area contributed by atoms with Gasteiger partial charge in [-0.25, -0.2) is 4.79 Å². The van der Waals surface area contributed by atoms with Crippen LogP contribution in [0.15, 0.2) is 48.5 Å². The monoisotopic (exact) mass is 314 g/mol. The number of amides is 2. The molecule has 0 saturated carbocycles. The molecule has 7 heteroatoms. The van der Waals surface area contributed by atoms with Crippen molar-refractivity contribution in [1.82, 2.24) is 0 Å². The number of hydrogen-bond donors (Lipinski definition) is 3. The highest BCUT2D eigenvalue weighted by Gasteiger charge is 2.18. The smallest absolute Gasteiger partial charge is 0.339 e. The van der Waals surface area contributed by atoms with E-state index in [1.807, 2.05) is 0 Å². The first kappa shape index (κ1) is 16.0. The third-order valence-corrected chi connectivity index (χ3v) is 2.91. The van der Waals surface area contributed by atoms with Crippen molar-refractivity contribution < 1.29 is 24.2 Å². The van der Waals surface area contributed by atoms with Crippen molar-refractivity contribution in [3.63, 3.8) is 0 Å². The summed E-state index contributed by atoms with van der Waals surface area (Å²) in [6, 6.07) is 11.8. The van der Waals surface area contributed by atoms with Crippen molar-refractivity contribution in [3.8, 4) is 5.75 Å². The van der Waals surface area contributed by atoms with E-state index >= 15 is 0 Å². The van der Waals surface area contributed by atoms with Gasteiger partial charge in [-0.15, -0.1) is 0 Å². The number of methoxy groups -OCH3 is 1. The van der Waals surface area contributed by atoms with Crippen molar-refractivity contribution in [2.45, 2.75) is 0 Å². The van der Waals surface area contributed by atoms with E-state index in [1.54, 1.807) is 12.1 Å². The Hall–Kier alpha value is -3.35. The summed E-state index contributed by atoms with van der Waals surface area (Å²) >= 11 is 0. The zero-order valence-corrected chi connectivity index (χ0v) is 12.2. The number of hydrogen-bond acceptors (Lipinski definition) is 5. The molecule has 7 nitrogen and oxygen atoms in total. The van der Waals surface area contributed by atoms with Gasteiger partial charge in [0.15, 0.2) is 0 Å². The number of rotatable bonds is 3. The molecule has 0 saturated heterocycles. The first-order valence-electron chi connectivity index (χ1n) is 6.60. The van der Waals surface area contributed by atoms with Crippen molar-refractivity contribution in [3.05, 3.63) is 54.1 Å². The molecule has 0 aliphatic rings. The molecule has 0 bridgehead atoms. The molecule has 2 amide bonds. The van der Waals surface area contributed by atoms with Crippen LogP contribution in [0.2, 0.25) is 0 Å². The highest BCUT2D eigenvalue weighted by atomic mass is 16.5. The second kappa shape index (κ2) is 7.08. The lowest BCUT2D eigenvalue weighted by atomic mass is 10.2. The fourth-order valence-corrected chi connectivity index (χ4v) is 1.79. The second-order valence-electron chi connectivity index (χ2n) is 4.49. The number of ether oxygens (including phenoxy) is 1. The number of nitrogens with one attached hydrogen (secondary N) is 2. The van der Waals surface area contributed by atoms with Gasteiger partial charge in [-0.05, 0) is 36.4 Å². The van der Waals surface area contributed by atoms with Crippen molar-refractivity contribution in [2.24, 2.45) is 0 Å². The van der Waals surface area contributed by atoms with Gasteiger partial charge in [0.25, 0.3) is 0 Å². The van der Waals surface area contributed by atoms with Crippen LogP contribution in [0.25, 0.3) is 0 Å². The number of esters is 1. The van der Waals surface area contributed by atoms with Gasteiger partial charge in [-0.3, -0.25) is 9.59 Å². The molecular weight excluding hydrogens is 300 g/mol. The van der Waals surface area contributed by atoms with Crippen LogP contribution in [-0.4, -0.2) is 30.0 Å². The van der Waals surface area contributed by atoms with E-state index < -0.39 is 17.8 Å². The molecule has 2 aromatic rings. The molecule has 0 fully saturated rings. The van der Waals surface area contributed by atoms with Gasteiger partial charge in [0.2, 0.25) is 0 Å². The number of anilines is 2. The molecule has 3 N–H and O–H groups in total. The van der Waals surface area contributed by atoms with Crippen LogP contribution in [0.3, 0.4) is 0 Å².